The van der Waals surface area contributed by atoms with Crippen LogP contribution in [0.2, 0.25) is 0 Å². The van der Waals surface area contributed by atoms with Crippen LogP contribution in [0.5, 0.6) is 0 Å². The minimum absolute atomic E-state index is 0.100. The molecule has 4 aromatic rings. The Balaban J connectivity index is 1.56. The molecule has 1 aliphatic rings. The number of nitrogens with two attached hydrogens (primary N) is 1. The molecule has 1 amide bonds. The molecule has 0 bridgehead atoms. The zero-order valence-electron chi connectivity index (χ0n) is 16.9. The van der Waals surface area contributed by atoms with E-state index in [1.165, 1.54) is 11.8 Å². The van der Waals surface area contributed by atoms with Crippen molar-refractivity contribution in [1.29, 1.82) is 0 Å². The quantitative estimate of drug-likeness (QED) is 0.430. The first-order chi connectivity index (χ1) is 15.2. The predicted molar refractivity (Wildman–Crippen MR) is 121 cm³/mol. The standard InChI is InChI=1S/C23H23N5O2S/c24-21(29)20(15-7-2-1-3-8-15)31-23-27-26-22(28(23)14-16-9-6-12-30-16)18-13-25-19-11-5-4-10-17(18)19/h1-5,7-8,10-11,13,16,20,25H,6,9,12,14H2,(H2,24,29). The highest BCUT2D eigenvalue weighted by Crippen LogP contribution is 2.37. The molecule has 2 unspecified atom stereocenters. The number of primary amides is 1. The number of fused-ring (bicyclic) bond motifs is 1. The molecule has 3 N–H and O–H groups in total. The minimum atomic E-state index is -0.551. The second-order valence-corrected chi connectivity index (χ2v) is 8.68. The van der Waals surface area contributed by atoms with Crippen LogP contribution < -0.4 is 5.73 Å². The Labute approximate surface area is 184 Å². The number of nitrogens with zero attached hydrogens (tertiary/aromatic N) is 3. The third-order valence-electron chi connectivity index (χ3n) is 5.54. The summed E-state index contributed by atoms with van der Waals surface area (Å²) in [5.74, 6) is 0.350. The van der Waals surface area contributed by atoms with Crippen LogP contribution in [0.15, 0.2) is 66.0 Å². The molecule has 0 aliphatic carbocycles. The second kappa shape index (κ2) is 8.56. The average molecular weight is 434 g/mol. The molecule has 31 heavy (non-hydrogen) atoms. The van der Waals surface area contributed by atoms with Gasteiger partial charge in [0.2, 0.25) is 5.91 Å². The topological polar surface area (TPSA) is 98.8 Å². The number of hydrogen-bond acceptors (Lipinski definition) is 5. The molecular weight excluding hydrogens is 410 g/mol. The number of H-pyrrole nitrogens is 1. The molecule has 1 aliphatic heterocycles. The van der Waals surface area contributed by atoms with Crippen LogP contribution in [-0.4, -0.2) is 38.4 Å². The molecule has 7 nitrogen and oxygen atoms in total. The van der Waals surface area contributed by atoms with Crippen molar-refractivity contribution >= 4 is 28.6 Å². The highest BCUT2D eigenvalue weighted by atomic mass is 32.2. The van der Waals surface area contributed by atoms with Crippen LogP contribution >= 0.6 is 11.8 Å². The van der Waals surface area contributed by atoms with Crippen molar-refractivity contribution in [3.8, 4) is 11.4 Å². The lowest BCUT2D eigenvalue weighted by Crippen LogP contribution is -2.21. The molecule has 0 spiro atoms. The van der Waals surface area contributed by atoms with Crippen molar-refractivity contribution in [2.45, 2.75) is 35.9 Å². The fraction of sp³-hybridized carbons (Fsp3) is 0.261. The first-order valence-corrected chi connectivity index (χ1v) is 11.2. The third kappa shape index (κ3) is 3.96. The number of aromatic nitrogens is 4. The second-order valence-electron chi connectivity index (χ2n) is 7.61. The molecule has 1 saturated heterocycles. The lowest BCUT2D eigenvalue weighted by molar-refractivity contribution is -0.117. The highest BCUT2D eigenvalue weighted by Gasteiger charge is 2.27. The highest BCUT2D eigenvalue weighted by molar-refractivity contribution is 8.00. The van der Waals surface area contributed by atoms with Crippen molar-refractivity contribution < 1.29 is 9.53 Å². The van der Waals surface area contributed by atoms with Crippen LogP contribution in [-0.2, 0) is 16.1 Å². The van der Waals surface area contributed by atoms with Gasteiger partial charge in [-0.1, -0.05) is 60.3 Å². The number of para-hydroxylation sites is 1. The van der Waals surface area contributed by atoms with Gasteiger partial charge in [0.25, 0.3) is 0 Å². The third-order valence-corrected chi connectivity index (χ3v) is 6.79. The monoisotopic (exact) mass is 433 g/mol. The Hall–Kier alpha value is -3.10. The lowest BCUT2D eigenvalue weighted by atomic mass is 10.1. The van der Waals surface area contributed by atoms with Gasteiger partial charge in [0.05, 0.1) is 12.6 Å². The number of ether oxygens (including phenoxy) is 1. The van der Waals surface area contributed by atoms with Gasteiger partial charge in [0.15, 0.2) is 11.0 Å². The largest absolute Gasteiger partial charge is 0.376 e. The van der Waals surface area contributed by atoms with Gasteiger partial charge >= 0.3 is 0 Å². The van der Waals surface area contributed by atoms with E-state index < -0.39 is 11.2 Å². The molecule has 5 rings (SSSR count). The maximum atomic E-state index is 12.3. The van der Waals surface area contributed by atoms with Crippen LogP contribution in [0, 0.1) is 0 Å². The average Bonchev–Trinajstić information content (AvgIpc) is 3.53. The normalized spacial score (nSPS) is 17.2. The Kier molecular flexibility index (Phi) is 5.48. The fourth-order valence-electron chi connectivity index (χ4n) is 4.01. The molecular formula is C23H23N5O2S. The van der Waals surface area contributed by atoms with Crippen molar-refractivity contribution in [1.82, 2.24) is 19.7 Å². The van der Waals surface area contributed by atoms with Crippen LogP contribution in [0.25, 0.3) is 22.3 Å². The molecule has 2 atom stereocenters. The molecule has 2 aromatic heterocycles. The molecule has 3 heterocycles. The van der Waals surface area contributed by atoms with Crippen LogP contribution in [0.4, 0.5) is 0 Å². The number of rotatable bonds is 7. The smallest absolute Gasteiger partial charge is 0.235 e. The zero-order chi connectivity index (χ0) is 21.2. The van der Waals surface area contributed by atoms with E-state index in [0.717, 1.165) is 47.3 Å². The fourth-order valence-corrected chi connectivity index (χ4v) is 5.01. The maximum Gasteiger partial charge on any atom is 0.235 e. The molecule has 0 radical (unpaired) electrons. The summed E-state index contributed by atoms with van der Waals surface area (Å²) in [5.41, 5.74) is 8.62. The molecule has 0 saturated carbocycles. The Morgan fingerprint density at radius 2 is 2.00 bits per heavy atom. The van der Waals surface area contributed by atoms with Gasteiger partial charge in [0.1, 0.15) is 5.25 Å². The zero-order valence-corrected chi connectivity index (χ0v) is 17.7. The summed E-state index contributed by atoms with van der Waals surface area (Å²) >= 11 is 1.33. The minimum Gasteiger partial charge on any atom is -0.376 e. The Morgan fingerprint density at radius 3 is 2.77 bits per heavy atom. The van der Waals surface area contributed by atoms with E-state index in [1.807, 2.05) is 54.7 Å². The van der Waals surface area contributed by atoms with Crippen molar-refractivity contribution in [3.05, 3.63) is 66.4 Å². The van der Waals surface area contributed by atoms with E-state index in [0.29, 0.717) is 11.7 Å². The van der Waals surface area contributed by atoms with Gasteiger partial charge in [-0.3, -0.25) is 9.36 Å². The summed E-state index contributed by atoms with van der Waals surface area (Å²) in [5, 5.41) is 10.2. The van der Waals surface area contributed by atoms with Crippen molar-refractivity contribution in [3.63, 3.8) is 0 Å². The number of carbonyl (C=O) groups excluding carboxylic acids is 1. The first-order valence-electron chi connectivity index (χ1n) is 10.3. The first kappa shape index (κ1) is 19.8. The summed E-state index contributed by atoms with van der Waals surface area (Å²) < 4.78 is 7.96. The number of aromatic amines is 1. The van der Waals surface area contributed by atoms with E-state index in [2.05, 4.69) is 25.8 Å². The SMILES string of the molecule is NC(=O)C(Sc1nnc(-c2c[nH]c3ccccc23)n1CC1CCCO1)c1ccccc1. The number of hydrogen-bond donors (Lipinski definition) is 2. The van der Waals surface area contributed by atoms with Gasteiger partial charge in [0, 0.05) is 29.3 Å². The summed E-state index contributed by atoms with van der Waals surface area (Å²) in [6, 6.07) is 17.6. The molecule has 2 aromatic carbocycles. The number of carbonyl (C=O) groups is 1. The summed E-state index contributed by atoms with van der Waals surface area (Å²) in [6.07, 6.45) is 4.10. The van der Waals surface area contributed by atoms with E-state index in [9.17, 15) is 4.79 Å². The number of thioether (sulfide) groups is 1. The lowest BCUT2D eigenvalue weighted by Gasteiger charge is -2.17. The van der Waals surface area contributed by atoms with E-state index >= 15 is 0 Å². The Bertz CT molecular complexity index is 1200. The van der Waals surface area contributed by atoms with Gasteiger partial charge in [-0.15, -0.1) is 10.2 Å². The number of benzene rings is 2. The predicted octanol–water partition coefficient (Wildman–Crippen LogP) is 3.92. The van der Waals surface area contributed by atoms with Crippen LogP contribution in [0.1, 0.15) is 23.7 Å². The van der Waals surface area contributed by atoms with E-state index in [4.69, 9.17) is 10.5 Å². The maximum absolute atomic E-state index is 12.3. The molecule has 8 heteroatoms. The van der Waals surface area contributed by atoms with Gasteiger partial charge in [-0.05, 0) is 24.5 Å². The summed E-state index contributed by atoms with van der Waals surface area (Å²) in [4.78, 5) is 15.6. The van der Waals surface area contributed by atoms with Crippen molar-refractivity contribution in [2.75, 3.05) is 6.61 Å². The van der Waals surface area contributed by atoms with E-state index in [1.54, 1.807) is 0 Å². The summed E-state index contributed by atoms with van der Waals surface area (Å²) in [7, 11) is 0. The van der Waals surface area contributed by atoms with E-state index in [-0.39, 0.29) is 6.10 Å². The number of amides is 1. The van der Waals surface area contributed by atoms with Crippen molar-refractivity contribution in [2.24, 2.45) is 5.73 Å². The van der Waals surface area contributed by atoms with Gasteiger partial charge in [-0.2, -0.15) is 0 Å². The van der Waals surface area contributed by atoms with Gasteiger partial charge in [-0.25, -0.2) is 0 Å². The van der Waals surface area contributed by atoms with Crippen LogP contribution in [0.3, 0.4) is 0 Å². The number of nitrogens with one attached hydrogen (secondary N) is 1. The molecule has 1 fully saturated rings. The molecule has 158 valence electrons. The Morgan fingerprint density at radius 1 is 1.19 bits per heavy atom. The summed E-state index contributed by atoms with van der Waals surface area (Å²) in [6.45, 7) is 1.40. The van der Waals surface area contributed by atoms with Gasteiger partial charge < -0.3 is 15.5 Å².